The first-order valence-electron chi connectivity index (χ1n) is 14.7. The lowest BCUT2D eigenvalue weighted by Gasteiger charge is -2.38. The Hall–Kier alpha value is -2.69. The Morgan fingerprint density at radius 3 is 2.38 bits per heavy atom. The number of carbonyl (C=O) groups is 3. The summed E-state index contributed by atoms with van der Waals surface area (Å²) in [5.41, 5.74) is 0.759. The maximum atomic E-state index is 13.9. The number of aliphatic hydroxyl groups excluding tert-OH is 1. The summed E-state index contributed by atoms with van der Waals surface area (Å²) < 4.78 is 7.35. The maximum absolute atomic E-state index is 13.9. The van der Waals surface area contributed by atoms with Crippen LogP contribution in [0.1, 0.15) is 50.1 Å². The number of rotatable bonds is 15. The largest absolute Gasteiger partial charge is 0.491 e. The molecule has 2 aliphatic heterocycles. The van der Waals surface area contributed by atoms with Crippen molar-refractivity contribution in [1.82, 2.24) is 15.5 Å². The first-order valence-corrected chi connectivity index (χ1v) is 14.7. The van der Waals surface area contributed by atoms with E-state index in [1.165, 1.54) is 0 Å². The second kappa shape index (κ2) is 13.8. The Morgan fingerprint density at radius 1 is 1.05 bits per heavy atom. The van der Waals surface area contributed by atoms with Crippen molar-refractivity contribution < 1.29 is 33.2 Å². The van der Waals surface area contributed by atoms with Gasteiger partial charge in [-0.3, -0.25) is 14.4 Å². The summed E-state index contributed by atoms with van der Waals surface area (Å²) >= 11 is 0. The van der Waals surface area contributed by atoms with Crippen LogP contribution >= 0.6 is 0 Å². The van der Waals surface area contributed by atoms with E-state index < -0.39 is 24.0 Å². The van der Waals surface area contributed by atoms with Gasteiger partial charge in [-0.25, -0.2) is 0 Å². The van der Waals surface area contributed by atoms with E-state index in [-0.39, 0.29) is 37.4 Å². The van der Waals surface area contributed by atoms with Crippen LogP contribution in [0, 0.1) is 5.92 Å². The molecule has 3 rings (SSSR count). The van der Waals surface area contributed by atoms with Gasteiger partial charge in [0.2, 0.25) is 17.7 Å². The van der Waals surface area contributed by atoms with Crippen LogP contribution in [0.25, 0.3) is 0 Å². The van der Waals surface area contributed by atoms with E-state index in [4.69, 9.17) is 4.74 Å². The van der Waals surface area contributed by atoms with E-state index in [9.17, 15) is 19.5 Å². The van der Waals surface area contributed by atoms with Crippen molar-refractivity contribution in [2.24, 2.45) is 5.92 Å². The van der Waals surface area contributed by atoms with Gasteiger partial charge in [-0.05, 0) is 56.2 Å². The molecular formula is C30H51N5O5+2. The van der Waals surface area contributed by atoms with E-state index in [0.29, 0.717) is 18.7 Å². The van der Waals surface area contributed by atoms with Gasteiger partial charge < -0.3 is 34.3 Å². The van der Waals surface area contributed by atoms with Gasteiger partial charge in [0.25, 0.3) is 0 Å². The number of fused-ring (bicyclic) bond motifs is 1. The molecular weight excluding hydrogens is 510 g/mol. The molecule has 2 heterocycles. The van der Waals surface area contributed by atoms with Crippen LogP contribution in [-0.2, 0) is 14.4 Å². The molecule has 3 amide bonds. The highest BCUT2D eigenvalue weighted by molar-refractivity contribution is 5.99. The molecule has 4 atom stereocenters. The number of hydrogen-bond acceptors (Lipinski definition) is 5. The van der Waals surface area contributed by atoms with E-state index in [2.05, 4.69) is 52.9 Å². The first-order chi connectivity index (χ1) is 18.8. The second-order valence-corrected chi connectivity index (χ2v) is 13.3. The van der Waals surface area contributed by atoms with Crippen molar-refractivity contribution in [2.75, 3.05) is 75.1 Å². The number of unbranched alkanes of at least 4 members (excludes halogenated alkanes) is 2. The van der Waals surface area contributed by atoms with E-state index in [1.54, 1.807) is 11.0 Å². The number of amides is 3. The molecule has 40 heavy (non-hydrogen) atoms. The highest BCUT2D eigenvalue weighted by Crippen LogP contribution is 2.44. The van der Waals surface area contributed by atoms with Crippen LogP contribution < -0.4 is 15.4 Å². The molecule has 2 saturated heterocycles. The molecule has 10 heteroatoms. The predicted octanol–water partition coefficient (Wildman–Crippen LogP) is 1.29. The lowest BCUT2D eigenvalue weighted by Crippen LogP contribution is -2.61. The highest BCUT2D eigenvalue weighted by atomic mass is 16.5. The molecule has 3 N–H and O–H groups in total. The second-order valence-electron chi connectivity index (χ2n) is 13.3. The van der Waals surface area contributed by atoms with Crippen molar-refractivity contribution >= 4 is 17.7 Å². The summed E-state index contributed by atoms with van der Waals surface area (Å²) in [5, 5.41) is 15.2. The predicted molar refractivity (Wildman–Crippen MR) is 154 cm³/mol. The van der Waals surface area contributed by atoms with Gasteiger partial charge >= 0.3 is 0 Å². The van der Waals surface area contributed by atoms with Crippen molar-refractivity contribution in [3.8, 4) is 5.75 Å². The summed E-state index contributed by atoms with van der Waals surface area (Å²) in [7, 11) is 12.9. The number of aliphatic hydroxyl groups is 1. The summed E-state index contributed by atoms with van der Waals surface area (Å²) in [5.74, 6) is -0.443. The molecule has 2 aliphatic rings. The standard InChI is InChI=1S/C30H49N5O5/c1-34(2,3)16-9-7-14-25-30(39)33-26(29(38)32-25)21-24(28(37)31-15-8-10-17-35(4,5)6)27(33)22-12-11-13-23(20-22)40-19-18-36/h11-13,20,24-27,36H,7-10,14-19,21H2,1-6H3/p+2/t24-,25-,26-,27-/m0/s1. The Kier molecular flexibility index (Phi) is 11.0. The third kappa shape index (κ3) is 8.91. The van der Waals surface area contributed by atoms with Gasteiger partial charge in [0.05, 0.1) is 73.9 Å². The van der Waals surface area contributed by atoms with Gasteiger partial charge in [-0.2, -0.15) is 0 Å². The molecule has 0 radical (unpaired) electrons. The zero-order valence-corrected chi connectivity index (χ0v) is 25.3. The number of hydrogen-bond donors (Lipinski definition) is 3. The molecule has 0 saturated carbocycles. The van der Waals surface area contributed by atoms with E-state index in [1.807, 2.05) is 18.2 Å². The smallest absolute Gasteiger partial charge is 0.246 e. The van der Waals surface area contributed by atoms with Crippen molar-refractivity contribution in [3.05, 3.63) is 29.8 Å². The van der Waals surface area contributed by atoms with E-state index in [0.717, 1.165) is 53.3 Å². The van der Waals surface area contributed by atoms with E-state index >= 15 is 0 Å². The van der Waals surface area contributed by atoms with Crippen LogP contribution in [0.3, 0.4) is 0 Å². The lowest BCUT2D eigenvalue weighted by molar-refractivity contribution is -0.870. The van der Waals surface area contributed by atoms with Crippen molar-refractivity contribution in [1.29, 1.82) is 0 Å². The lowest BCUT2D eigenvalue weighted by atomic mass is 9.92. The first kappa shape index (κ1) is 31.8. The highest BCUT2D eigenvalue weighted by Gasteiger charge is 2.54. The fraction of sp³-hybridized carbons (Fsp3) is 0.700. The quantitative estimate of drug-likeness (QED) is 0.221. The number of nitrogens with one attached hydrogen (secondary N) is 2. The van der Waals surface area contributed by atoms with Gasteiger partial charge in [0.1, 0.15) is 24.4 Å². The van der Waals surface area contributed by atoms with Crippen LogP contribution in [-0.4, -0.2) is 124 Å². The topological polar surface area (TPSA) is 108 Å². The van der Waals surface area contributed by atoms with Gasteiger partial charge in [0.15, 0.2) is 0 Å². The maximum Gasteiger partial charge on any atom is 0.246 e. The molecule has 0 bridgehead atoms. The Bertz CT molecular complexity index is 1020. The Labute approximate surface area is 239 Å². The summed E-state index contributed by atoms with van der Waals surface area (Å²) in [6.45, 7) is 2.59. The van der Waals surface area contributed by atoms with Crippen molar-refractivity contribution in [3.63, 3.8) is 0 Å². The zero-order valence-electron chi connectivity index (χ0n) is 25.3. The van der Waals surface area contributed by atoms with Crippen LogP contribution in [0.2, 0.25) is 0 Å². The van der Waals surface area contributed by atoms with Gasteiger partial charge in [-0.1, -0.05) is 12.1 Å². The number of nitrogens with zero attached hydrogens (tertiary/aromatic N) is 3. The van der Waals surface area contributed by atoms with Gasteiger partial charge in [0, 0.05) is 6.54 Å². The average molecular weight is 562 g/mol. The molecule has 10 nitrogen and oxygen atoms in total. The number of benzene rings is 1. The minimum atomic E-state index is -0.684. The molecule has 1 aromatic carbocycles. The molecule has 2 fully saturated rings. The number of carbonyl (C=O) groups excluding carboxylic acids is 3. The zero-order chi connectivity index (χ0) is 29.5. The molecule has 0 spiro atoms. The molecule has 224 valence electrons. The summed E-state index contributed by atoms with van der Waals surface area (Å²) in [6, 6.07) is 5.47. The van der Waals surface area contributed by atoms with Crippen LogP contribution in [0.15, 0.2) is 24.3 Å². The number of ether oxygens (including phenoxy) is 1. The fourth-order valence-corrected chi connectivity index (χ4v) is 5.68. The minimum absolute atomic E-state index is 0.116. The number of quaternary nitrogens is 2. The summed E-state index contributed by atoms with van der Waals surface area (Å²) in [4.78, 5) is 42.3. The molecule has 0 unspecified atom stereocenters. The van der Waals surface area contributed by atoms with Gasteiger partial charge in [-0.15, -0.1) is 0 Å². The monoisotopic (exact) mass is 561 g/mol. The molecule has 0 aromatic heterocycles. The summed E-state index contributed by atoms with van der Waals surface area (Å²) in [6.07, 6.45) is 4.50. The minimum Gasteiger partial charge on any atom is -0.491 e. The third-order valence-electron chi connectivity index (χ3n) is 7.69. The fourth-order valence-electron chi connectivity index (χ4n) is 5.68. The Morgan fingerprint density at radius 2 is 1.73 bits per heavy atom. The molecule has 0 aliphatic carbocycles. The number of piperazine rings is 1. The molecule has 1 aromatic rings. The average Bonchev–Trinajstić information content (AvgIpc) is 3.28. The third-order valence-corrected chi connectivity index (χ3v) is 7.69. The Balaban J connectivity index is 1.79. The SMILES string of the molecule is C[N+](C)(C)CCCCNC(=O)[C@H]1C[C@H]2C(=O)N[C@@H](CCCC[N+](C)(C)C)C(=O)N2[C@H]1c1cccc(OCCO)c1. The normalized spacial score (nSPS) is 23.1. The van der Waals surface area contributed by atoms with Crippen LogP contribution in [0.4, 0.5) is 0 Å². The van der Waals surface area contributed by atoms with Crippen molar-refractivity contribution in [2.45, 2.75) is 56.7 Å². The van der Waals surface area contributed by atoms with Crippen LogP contribution in [0.5, 0.6) is 5.75 Å².